The highest BCUT2D eigenvalue weighted by atomic mass is 14.0. The molecule has 0 unspecified atom stereocenters. The maximum absolute atomic E-state index is 2.30. The smallest absolute Gasteiger partial charge is 0.0276 e. The fraction of sp³-hybridized carbons (Fsp3) is 0.806. The highest BCUT2D eigenvalue weighted by Crippen LogP contribution is 2.16. The molecule has 0 heteroatoms. The van der Waals surface area contributed by atoms with Gasteiger partial charge in [0.05, 0.1) is 0 Å². The maximum Gasteiger partial charge on any atom is -0.0276 e. The molecular formula is C31H56. The van der Waals surface area contributed by atoms with Gasteiger partial charge in [-0.2, -0.15) is 0 Å². The van der Waals surface area contributed by atoms with Crippen LogP contribution in [0.25, 0.3) is 0 Å². The Morgan fingerprint density at radius 3 is 1.10 bits per heavy atom. The summed E-state index contributed by atoms with van der Waals surface area (Å²) in [5.74, 6) is 0. The Balaban J connectivity index is 1.69. The molecule has 1 aromatic rings. The van der Waals surface area contributed by atoms with Crippen molar-refractivity contribution in [3.63, 3.8) is 0 Å². The van der Waals surface area contributed by atoms with Crippen LogP contribution in [-0.4, -0.2) is 0 Å². The molecule has 0 nitrogen and oxygen atoms in total. The summed E-state index contributed by atoms with van der Waals surface area (Å²) in [5, 5.41) is 0. The lowest BCUT2D eigenvalue weighted by Crippen LogP contribution is -1.89. The van der Waals surface area contributed by atoms with Crippen LogP contribution in [-0.2, 0) is 6.42 Å². The van der Waals surface area contributed by atoms with Gasteiger partial charge in [-0.15, -0.1) is 0 Å². The number of aryl methyl sites for hydroxylation is 2. The Labute approximate surface area is 197 Å². The van der Waals surface area contributed by atoms with Gasteiger partial charge in [0.25, 0.3) is 0 Å². The average Bonchev–Trinajstić information content (AvgIpc) is 2.78. The zero-order valence-corrected chi connectivity index (χ0v) is 21.6. The average molecular weight is 429 g/mol. The highest BCUT2D eigenvalue weighted by molar-refractivity contribution is 5.25. The Bertz CT molecular complexity index is 475. The number of unbranched alkanes of at least 4 members (excludes halogenated alkanes) is 21. The number of rotatable bonds is 23. The van der Waals surface area contributed by atoms with Crippen LogP contribution in [0.2, 0.25) is 0 Å². The molecule has 0 aromatic heterocycles. The second-order valence-electron chi connectivity index (χ2n) is 10.1. The van der Waals surface area contributed by atoms with Gasteiger partial charge in [0, 0.05) is 0 Å². The fourth-order valence-corrected chi connectivity index (χ4v) is 4.81. The summed E-state index contributed by atoms with van der Waals surface area (Å²) in [7, 11) is 0. The van der Waals surface area contributed by atoms with Crippen molar-refractivity contribution in [1.82, 2.24) is 0 Å². The molecule has 0 aliphatic heterocycles. The lowest BCUT2D eigenvalue weighted by molar-refractivity contribution is 0.519. The predicted octanol–water partition coefficient (Wildman–Crippen LogP) is 11.1. The summed E-state index contributed by atoms with van der Waals surface area (Å²) in [5.41, 5.74) is 3.02. The van der Waals surface area contributed by atoms with Crippen LogP contribution < -0.4 is 0 Å². The third-order valence-corrected chi connectivity index (χ3v) is 7.06. The molecule has 0 N–H and O–H groups in total. The summed E-state index contributed by atoms with van der Waals surface area (Å²) in [6.45, 7) is 4.55. The van der Waals surface area contributed by atoms with E-state index in [2.05, 4.69) is 38.1 Å². The van der Waals surface area contributed by atoms with Crippen LogP contribution in [0.1, 0.15) is 159 Å². The first-order chi connectivity index (χ1) is 15.3. The molecule has 0 atom stereocenters. The van der Waals surface area contributed by atoms with Crippen molar-refractivity contribution in [2.75, 3.05) is 0 Å². The Morgan fingerprint density at radius 1 is 0.419 bits per heavy atom. The van der Waals surface area contributed by atoms with E-state index in [0.717, 1.165) is 0 Å². The summed E-state index contributed by atoms with van der Waals surface area (Å²) >= 11 is 0. The van der Waals surface area contributed by atoms with Gasteiger partial charge in [-0.05, 0) is 30.9 Å². The van der Waals surface area contributed by atoms with E-state index in [0.29, 0.717) is 0 Å². The minimum absolute atomic E-state index is 1.27. The molecule has 0 heterocycles. The normalized spacial score (nSPS) is 11.3. The van der Waals surface area contributed by atoms with Gasteiger partial charge in [0.2, 0.25) is 0 Å². The first-order valence-electron chi connectivity index (χ1n) is 14.4. The molecule has 0 bridgehead atoms. The summed E-state index contributed by atoms with van der Waals surface area (Å²) in [6, 6.07) is 8.87. The van der Waals surface area contributed by atoms with Crippen molar-refractivity contribution < 1.29 is 0 Å². The molecule has 0 aliphatic rings. The van der Waals surface area contributed by atoms with Crippen molar-refractivity contribution in [1.29, 1.82) is 0 Å². The van der Waals surface area contributed by atoms with Gasteiger partial charge in [-0.1, -0.05) is 166 Å². The zero-order valence-electron chi connectivity index (χ0n) is 21.6. The molecule has 0 amide bonds. The fourth-order valence-electron chi connectivity index (χ4n) is 4.81. The van der Waals surface area contributed by atoms with Crippen LogP contribution in [0.4, 0.5) is 0 Å². The minimum atomic E-state index is 1.27. The Morgan fingerprint density at radius 2 is 0.742 bits per heavy atom. The third kappa shape index (κ3) is 18.5. The predicted molar refractivity (Wildman–Crippen MR) is 142 cm³/mol. The van der Waals surface area contributed by atoms with E-state index in [9.17, 15) is 0 Å². The van der Waals surface area contributed by atoms with Crippen LogP contribution in [0, 0.1) is 6.92 Å². The van der Waals surface area contributed by atoms with E-state index in [1.54, 1.807) is 5.56 Å². The first kappa shape index (κ1) is 28.3. The monoisotopic (exact) mass is 428 g/mol. The standard InChI is InChI=1S/C31H56/c1-3-4-5-6-7-8-9-10-11-12-13-14-15-16-17-18-19-20-21-22-23-24-28-31-29-26-25-27-30(31)2/h25-27,29H,3-24,28H2,1-2H3. The van der Waals surface area contributed by atoms with Gasteiger partial charge in [-0.3, -0.25) is 0 Å². The number of hydrogen-bond acceptors (Lipinski definition) is 0. The van der Waals surface area contributed by atoms with E-state index in [-0.39, 0.29) is 0 Å². The van der Waals surface area contributed by atoms with Crippen molar-refractivity contribution in [2.24, 2.45) is 0 Å². The van der Waals surface area contributed by atoms with Gasteiger partial charge in [0.15, 0.2) is 0 Å². The van der Waals surface area contributed by atoms with Gasteiger partial charge >= 0.3 is 0 Å². The first-order valence-corrected chi connectivity index (χ1v) is 14.4. The molecular weight excluding hydrogens is 372 g/mol. The minimum Gasteiger partial charge on any atom is -0.0654 e. The molecule has 0 spiro atoms. The lowest BCUT2D eigenvalue weighted by atomic mass is 10.0. The van der Waals surface area contributed by atoms with Gasteiger partial charge in [0.1, 0.15) is 0 Å². The highest BCUT2D eigenvalue weighted by Gasteiger charge is 1.98. The quantitative estimate of drug-likeness (QED) is 0.152. The van der Waals surface area contributed by atoms with Crippen LogP contribution in [0.3, 0.4) is 0 Å². The lowest BCUT2D eigenvalue weighted by Gasteiger charge is -2.06. The zero-order chi connectivity index (χ0) is 22.2. The van der Waals surface area contributed by atoms with Crippen molar-refractivity contribution in [2.45, 2.75) is 162 Å². The second-order valence-corrected chi connectivity index (χ2v) is 10.1. The summed E-state index contributed by atoms with van der Waals surface area (Å²) in [4.78, 5) is 0. The Hall–Kier alpha value is -0.780. The summed E-state index contributed by atoms with van der Waals surface area (Å²) in [6.07, 6.45) is 33.4. The van der Waals surface area contributed by atoms with Crippen molar-refractivity contribution >= 4 is 0 Å². The molecule has 0 saturated heterocycles. The number of benzene rings is 1. The van der Waals surface area contributed by atoms with Gasteiger partial charge in [-0.25, -0.2) is 0 Å². The maximum atomic E-state index is 2.30. The van der Waals surface area contributed by atoms with Crippen LogP contribution in [0.5, 0.6) is 0 Å². The third-order valence-electron chi connectivity index (χ3n) is 7.06. The molecule has 31 heavy (non-hydrogen) atoms. The molecule has 0 aliphatic carbocycles. The van der Waals surface area contributed by atoms with Crippen molar-refractivity contribution in [3.8, 4) is 0 Å². The van der Waals surface area contributed by atoms with E-state index in [1.807, 2.05) is 0 Å². The molecule has 0 radical (unpaired) electrons. The largest absolute Gasteiger partial charge is 0.0654 e. The topological polar surface area (TPSA) is 0 Å². The van der Waals surface area contributed by atoms with Crippen molar-refractivity contribution in [3.05, 3.63) is 35.4 Å². The van der Waals surface area contributed by atoms with E-state index < -0.39 is 0 Å². The molecule has 180 valence electrons. The second kappa shape index (κ2) is 22.4. The van der Waals surface area contributed by atoms with Gasteiger partial charge < -0.3 is 0 Å². The SMILES string of the molecule is CCCCCCCCCCCCCCCCCCCCCCCCc1ccccc1C. The number of hydrogen-bond donors (Lipinski definition) is 0. The van der Waals surface area contributed by atoms with E-state index >= 15 is 0 Å². The summed E-state index contributed by atoms with van der Waals surface area (Å²) < 4.78 is 0. The van der Waals surface area contributed by atoms with E-state index in [1.165, 1.54) is 153 Å². The molecule has 1 rings (SSSR count). The van der Waals surface area contributed by atoms with Crippen LogP contribution in [0.15, 0.2) is 24.3 Å². The molecule has 1 aromatic carbocycles. The van der Waals surface area contributed by atoms with Crippen LogP contribution >= 0.6 is 0 Å². The Kier molecular flexibility index (Phi) is 20.4. The van der Waals surface area contributed by atoms with E-state index in [4.69, 9.17) is 0 Å². The molecule has 0 saturated carbocycles. The molecule has 0 fully saturated rings.